The van der Waals surface area contributed by atoms with Crippen molar-refractivity contribution >= 4 is 12.0 Å². The molecule has 0 radical (unpaired) electrons. The summed E-state index contributed by atoms with van der Waals surface area (Å²) in [6.45, 7) is 3.44. The van der Waals surface area contributed by atoms with E-state index < -0.39 is 11.6 Å². The zero-order chi connectivity index (χ0) is 13.6. The quantitative estimate of drug-likeness (QED) is 0.820. The third-order valence-corrected chi connectivity index (χ3v) is 4.52. The van der Waals surface area contributed by atoms with Gasteiger partial charge in [0.15, 0.2) is 0 Å². The van der Waals surface area contributed by atoms with E-state index in [9.17, 15) is 9.59 Å². The molecule has 106 valence electrons. The molecule has 2 amide bonds. The summed E-state index contributed by atoms with van der Waals surface area (Å²) >= 11 is 0. The fraction of sp³-hybridized carbons (Fsp3) is 0.846. The Morgan fingerprint density at radius 3 is 2.63 bits per heavy atom. The van der Waals surface area contributed by atoms with Gasteiger partial charge in [0.1, 0.15) is 12.2 Å². The van der Waals surface area contributed by atoms with Crippen molar-refractivity contribution < 1.29 is 19.4 Å². The van der Waals surface area contributed by atoms with Gasteiger partial charge in [-0.05, 0) is 32.1 Å². The second-order valence-electron chi connectivity index (χ2n) is 6.26. The Hall–Kier alpha value is -1.30. The Balaban J connectivity index is 1.50. The number of likely N-dealkylation sites (tertiary alicyclic amines) is 2. The van der Waals surface area contributed by atoms with E-state index >= 15 is 0 Å². The molecule has 2 atom stereocenters. The Morgan fingerprint density at radius 1 is 1.37 bits per heavy atom. The number of ether oxygens (including phenoxy) is 1. The van der Waals surface area contributed by atoms with Crippen molar-refractivity contribution in [1.29, 1.82) is 0 Å². The van der Waals surface area contributed by atoms with Crippen LogP contribution >= 0.6 is 0 Å². The van der Waals surface area contributed by atoms with Gasteiger partial charge in [-0.2, -0.15) is 0 Å². The summed E-state index contributed by atoms with van der Waals surface area (Å²) in [6.07, 6.45) is 3.55. The van der Waals surface area contributed by atoms with Crippen molar-refractivity contribution in [3.8, 4) is 0 Å². The highest BCUT2D eigenvalue weighted by atomic mass is 16.5. The number of carbonyl (C=O) groups excluding carboxylic acids is 1. The number of carboxylic acids is 1. The molecule has 1 saturated carbocycles. The molecule has 0 aromatic carbocycles. The first-order valence-corrected chi connectivity index (χ1v) is 6.88. The molecular weight excluding hydrogens is 248 g/mol. The molecule has 2 heterocycles. The van der Waals surface area contributed by atoms with Crippen LogP contribution < -0.4 is 0 Å². The van der Waals surface area contributed by atoms with Gasteiger partial charge < -0.3 is 19.6 Å². The number of rotatable bonds is 3. The summed E-state index contributed by atoms with van der Waals surface area (Å²) in [5.74, 6) is -0.271. The number of carbonyl (C=O) groups is 2. The Bertz CT molecular complexity index is 405. The number of aliphatic carboxylic acids is 1. The number of carboxylic acid groups (broad SMARTS) is 1. The van der Waals surface area contributed by atoms with Crippen molar-refractivity contribution in [3.63, 3.8) is 0 Å². The van der Waals surface area contributed by atoms with Crippen LogP contribution in [0.1, 0.15) is 26.2 Å². The first kappa shape index (κ1) is 12.7. The van der Waals surface area contributed by atoms with Crippen LogP contribution in [-0.2, 0) is 9.53 Å². The van der Waals surface area contributed by atoms with Crippen LogP contribution in [0.5, 0.6) is 0 Å². The molecule has 3 rings (SSSR count). The Morgan fingerprint density at radius 2 is 2.11 bits per heavy atom. The molecule has 0 aromatic heterocycles. The van der Waals surface area contributed by atoms with Gasteiger partial charge in [0.25, 0.3) is 0 Å². The zero-order valence-corrected chi connectivity index (χ0v) is 11.2. The van der Waals surface area contributed by atoms with Gasteiger partial charge in [-0.25, -0.2) is 9.59 Å². The van der Waals surface area contributed by atoms with E-state index in [1.54, 1.807) is 4.90 Å². The molecule has 6 nitrogen and oxygen atoms in total. The van der Waals surface area contributed by atoms with Gasteiger partial charge in [0.05, 0.1) is 13.1 Å². The molecular formula is C13H20N2O4. The summed E-state index contributed by atoms with van der Waals surface area (Å²) in [5.41, 5.74) is -0.493. The minimum Gasteiger partial charge on any atom is -0.480 e. The van der Waals surface area contributed by atoms with E-state index in [1.807, 2.05) is 11.8 Å². The average Bonchev–Trinajstić information content (AvgIpc) is 2.94. The lowest BCUT2D eigenvalue weighted by molar-refractivity contribution is -0.160. The van der Waals surface area contributed by atoms with E-state index in [4.69, 9.17) is 9.84 Å². The monoisotopic (exact) mass is 268 g/mol. The van der Waals surface area contributed by atoms with E-state index in [2.05, 4.69) is 0 Å². The van der Waals surface area contributed by atoms with E-state index in [-0.39, 0.29) is 12.6 Å². The van der Waals surface area contributed by atoms with Gasteiger partial charge >= 0.3 is 12.0 Å². The van der Waals surface area contributed by atoms with Crippen molar-refractivity contribution in [2.75, 3.05) is 26.2 Å². The molecule has 2 saturated heterocycles. The van der Waals surface area contributed by atoms with Crippen LogP contribution in [0.15, 0.2) is 0 Å². The molecule has 1 aliphatic carbocycles. The van der Waals surface area contributed by atoms with Gasteiger partial charge in [-0.15, -0.1) is 0 Å². The molecule has 19 heavy (non-hydrogen) atoms. The van der Waals surface area contributed by atoms with Crippen molar-refractivity contribution in [2.24, 2.45) is 5.92 Å². The first-order valence-electron chi connectivity index (χ1n) is 6.88. The Kier molecular flexibility index (Phi) is 2.92. The second kappa shape index (κ2) is 4.37. The second-order valence-corrected chi connectivity index (χ2v) is 6.26. The van der Waals surface area contributed by atoms with Crippen LogP contribution in [0, 0.1) is 5.92 Å². The van der Waals surface area contributed by atoms with Crippen LogP contribution in [0.3, 0.4) is 0 Å². The van der Waals surface area contributed by atoms with Crippen molar-refractivity contribution in [3.05, 3.63) is 0 Å². The third-order valence-electron chi connectivity index (χ3n) is 4.52. The molecule has 2 aliphatic heterocycles. The largest absolute Gasteiger partial charge is 0.480 e. The van der Waals surface area contributed by atoms with Crippen molar-refractivity contribution in [2.45, 2.75) is 37.8 Å². The number of urea groups is 1. The van der Waals surface area contributed by atoms with Crippen LogP contribution in [0.4, 0.5) is 4.79 Å². The molecule has 2 unspecified atom stereocenters. The molecule has 3 aliphatic rings. The summed E-state index contributed by atoms with van der Waals surface area (Å²) in [6, 6.07) is 0.535. The number of nitrogens with zero attached hydrogens (tertiary/aromatic N) is 2. The third kappa shape index (κ3) is 2.29. The van der Waals surface area contributed by atoms with E-state index in [0.717, 1.165) is 19.4 Å². The zero-order valence-electron chi connectivity index (χ0n) is 11.2. The summed E-state index contributed by atoms with van der Waals surface area (Å²) in [4.78, 5) is 26.6. The van der Waals surface area contributed by atoms with E-state index in [0.29, 0.717) is 25.0 Å². The highest BCUT2D eigenvalue weighted by molar-refractivity contribution is 5.76. The molecule has 6 heteroatoms. The number of hydrogen-bond acceptors (Lipinski definition) is 3. The summed E-state index contributed by atoms with van der Waals surface area (Å²) in [7, 11) is 0. The predicted molar refractivity (Wildman–Crippen MR) is 66.8 cm³/mol. The van der Waals surface area contributed by atoms with Crippen LogP contribution in [0.25, 0.3) is 0 Å². The molecule has 1 N–H and O–H groups in total. The highest BCUT2D eigenvalue weighted by Gasteiger charge is 2.48. The molecule has 2 bridgehead atoms. The normalized spacial score (nSPS) is 31.4. The number of piperidine rings is 1. The topological polar surface area (TPSA) is 70.1 Å². The fourth-order valence-electron chi connectivity index (χ4n) is 3.56. The molecule has 0 spiro atoms. The number of fused-ring (bicyclic) bond motifs is 2. The maximum absolute atomic E-state index is 12.3. The minimum atomic E-state index is -0.970. The molecule has 3 fully saturated rings. The number of amides is 2. The standard InChI is InChI=1S/C13H20N2O4/c1-13(19-6-11(16)17)7-14(8-13)12(18)15-5-9-2-3-10(15)4-9/h9-10H,2-8H2,1H3,(H,16,17). The van der Waals surface area contributed by atoms with E-state index in [1.165, 1.54) is 6.42 Å². The van der Waals surface area contributed by atoms with Crippen molar-refractivity contribution in [1.82, 2.24) is 9.80 Å². The highest BCUT2D eigenvalue weighted by Crippen LogP contribution is 2.39. The molecule has 0 aromatic rings. The van der Waals surface area contributed by atoms with Crippen LogP contribution in [0.2, 0.25) is 0 Å². The maximum atomic E-state index is 12.3. The van der Waals surface area contributed by atoms with Gasteiger partial charge in [0.2, 0.25) is 0 Å². The smallest absolute Gasteiger partial charge is 0.329 e. The SMILES string of the molecule is CC1(OCC(=O)O)CN(C(=O)N2CC3CCC2C3)C1. The fourth-order valence-corrected chi connectivity index (χ4v) is 3.56. The summed E-state index contributed by atoms with van der Waals surface area (Å²) in [5, 5.41) is 8.60. The van der Waals surface area contributed by atoms with Gasteiger partial charge in [0, 0.05) is 12.6 Å². The first-order chi connectivity index (χ1) is 8.97. The average molecular weight is 268 g/mol. The maximum Gasteiger partial charge on any atom is 0.329 e. The predicted octanol–water partition coefficient (Wildman–Crippen LogP) is 0.766. The summed E-state index contributed by atoms with van der Waals surface area (Å²) < 4.78 is 5.32. The minimum absolute atomic E-state index is 0.101. The number of hydrogen-bond donors (Lipinski definition) is 1. The Labute approximate surface area is 112 Å². The van der Waals surface area contributed by atoms with Crippen LogP contribution in [-0.4, -0.2) is 64.8 Å². The lowest BCUT2D eigenvalue weighted by Crippen LogP contribution is -2.66. The lowest BCUT2D eigenvalue weighted by atomic mass is 9.96. The van der Waals surface area contributed by atoms with Gasteiger partial charge in [-0.1, -0.05) is 0 Å². The lowest BCUT2D eigenvalue weighted by Gasteiger charge is -2.49. The van der Waals surface area contributed by atoms with Gasteiger partial charge in [-0.3, -0.25) is 0 Å².